The third kappa shape index (κ3) is 5.34. The quantitative estimate of drug-likeness (QED) is 0.463. The molecule has 0 radical (unpaired) electrons. The number of benzene rings is 1. The molecular weight excluding hydrogens is 389 g/mol. The van der Waals surface area contributed by atoms with Crippen LogP contribution in [0.4, 0.5) is 0 Å². The fourth-order valence-corrected chi connectivity index (χ4v) is 2.62. The van der Waals surface area contributed by atoms with Crippen LogP contribution in [-0.4, -0.2) is 37.6 Å². The summed E-state index contributed by atoms with van der Waals surface area (Å²) in [6.45, 7) is 10.5. The van der Waals surface area contributed by atoms with Crippen molar-refractivity contribution in [2.75, 3.05) is 26.7 Å². The zero-order valence-electron chi connectivity index (χ0n) is 14.1. The fourth-order valence-electron chi connectivity index (χ4n) is 2.62. The van der Waals surface area contributed by atoms with E-state index in [-0.39, 0.29) is 24.0 Å². The molecule has 22 heavy (non-hydrogen) atoms. The summed E-state index contributed by atoms with van der Waals surface area (Å²) < 4.78 is 5.18. The minimum absolute atomic E-state index is 0. The van der Waals surface area contributed by atoms with Gasteiger partial charge in [-0.1, -0.05) is 26.0 Å². The van der Waals surface area contributed by atoms with Crippen molar-refractivity contribution in [2.24, 2.45) is 10.4 Å². The van der Waals surface area contributed by atoms with Crippen molar-refractivity contribution < 1.29 is 4.74 Å². The SMILES string of the molecule is CCNC(=NCc1ccc(OC)cc1)N1CCC(C)(C)C1.I. The molecule has 1 N–H and O–H groups in total. The van der Waals surface area contributed by atoms with E-state index in [2.05, 4.69) is 43.1 Å². The first-order valence-corrected chi connectivity index (χ1v) is 7.70. The largest absolute Gasteiger partial charge is 0.497 e. The molecule has 0 saturated carbocycles. The highest BCUT2D eigenvalue weighted by atomic mass is 127. The molecule has 2 rings (SSSR count). The molecule has 0 atom stereocenters. The summed E-state index contributed by atoms with van der Waals surface area (Å²) in [4.78, 5) is 7.15. The molecule has 1 aromatic rings. The molecule has 0 spiro atoms. The summed E-state index contributed by atoms with van der Waals surface area (Å²) in [5.41, 5.74) is 1.58. The maximum absolute atomic E-state index is 5.18. The van der Waals surface area contributed by atoms with Crippen LogP contribution >= 0.6 is 24.0 Å². The fraction of sp³-hybridized carbons (Fsp3) is 0.588. The van der Waals surface area contributed by atoms with Crippen molar-refractivity contribution in [3.8, 4) is 5.75 Å². The Balaban J connectivity index is 0.00000242. The number of hydrogen-bond acceptors (Lipinski definition) is 2. The smallest absolute Gasteiger partial charge is 0.194 e. The van der Waals surface area contributed by atoms with E-state index >= 15 is 0 Å². The van der Waals surface area contributed by atoms with Crippen molar-refractivity contribution in [3.05, 3.63) is 29.8 Å². The second kappa shape index (κ2) is 8.60. The van der Waals surface area contributed by atoms with Crippen LogP contribution in [0, 0.1) is 5.41 Å². The maximum atomic E-state index is 5.18. The van der Waals surface area contributed by atoms with Gasteiger partial charge >= 0.3 is 0 Å². The standard InChI is InChI=1S/C17H27N3O.HI/c1-5-18-16(20-11-10-17(2,3)13-20)19-12-14-6-8-15(21-4)9-7-14;/h6-9H,5,10-13H2,1-4H3,(H,18,19);1H. The highest BCUT2D eigenvalue weighted by molar-refractivity contribution is 14.0. The van der Waals surface area contributed by atoms with E-state index < -0.39 is 0 Å². The molecule has 0 aromatic heterocycles. The van der Waals surface area contributed by atoms with Crippen LogP contribution < -0.4 is 10.1 Å². The van der Waals surface area contributed by atoms with Gasteiger partial charge < -0.3 is 15.0 Å². The van der Waals surface area contributed by atoms with Gasteiger partial charge in [-0.05, 0) is 36.5 Å². The number of hydrogen-bond donors (Lipinski definition) is 1. The molecule has 4 nitrogen and oxygen atoms in total. The van der Waals surface area contributed by atoms with E-state index in [1.807, 2.05) is 12.1 Å². The van der Waals surface area contributed by atoms with Gasteiger partial charge in [-0.25, -0.2) is 4.99 Å². The lowest BCUT2D eigenvalue weighted by Gasteiger charge is -2.23. The van der Waals surface area contributed by atoms with Crippen LogP contribution in [0.3, 0.4) is 0 Å². The number of guanidine groups is 1. The highest BCUT2D eigenvalue weighted by Gasteiger charge is 2.30. The van der Waals surface area contributed by atoms with Gasteiger partial charge in [-0.2, -0.15) is 0 Å². The van der Waals surface area contributed by atoms with Gasteiger partial charge in [0, 0.05) is 19.6 Å². The number of nitrogens with one attached hydrogen (secondary N) is 1. The second-order valence-electron chi connectivity index (χ2n) is 6.35. The summed E-state index contributed by atoms with van der Waals surface area (Å²) in [6, 6.07) is 8.10. The predicted octanol–water partition coefficient (Wildman–Crippen LogP) is 3.51. The van der Waals surface area contributed by atoms with E-state index in [1.54, 1.807) is 7.11 Å². The number of rotatable bonds is 4. The lowest BCUT2D eigenvalue weighted by atomic mass is 9.93. The van der Waals surface area contributed by atoms with Crippen LogP contribution in [-0.2, 0) is 6.54 Å². The lowest BCUT2D eigenvalue weighted by molar-refractivity contribution is 0.370. The normalized spacial score (nSPS) is 17.1. The Hall–Kier alpha value is -0.980. The number of nitrogens with zero attached hydrogens (tertiary/aromatic N) is 2. The van der Waals surface area contributed by atoms with E-state index in [1.165, 1.54) is 12.0 Å². The molecule has 0 aliphatic carbocycles. The molecular formula is C17H28IN3O. The number of halogens is 1. The lowest BCUT2D eigenvalue weighted by Crippen LogP contribution is -2.40. The second-order valence-corrected chi connectivity index (χ2v) is 6.35. The number of ether oxygens (including phenoxy) is 1. The van der Waals surface area contributed by atoms with E-state index in [9.17, 15) is 0 Å². The maximum Gasteiger partial charge on any atom is 0.194 e. The van der Waals surface area contributed by atoms with Crippen LogP contribution in [0.2, 0.25) is 0 Å². The summed E-state index contributed by atoms with van der Waals surface area (Å²) in [5, 5.41) is 3.41. The van der Waals surface area contributed by atoms with Crippen molar-refractivity contribution in [1.29, 1.82) is 0 Å². The molecule has 1 heterocycles. The summed E-state index contributed by atoms with van der Waals surface area (Å²) in [7, 11) is 1.69. The molecule has 1 aliphatic rings. The monoisotopic (exact) mass is 417 g/mol. The Bertz CT molecular complexity index is 485. The molecule has 5 heteroatoms. The van der Waals surface area contributed by atoms with Gasteiger partial charge in [0.25, 0.3) is 0 Å². The molecule has 124 valence electrons. The Kier molecular flexibility index (Phi) is 7.45. The van der Waals surface area contributed by atoms with E-state index in [4.69, 9.17) is 9.73 Å². The van der Waals surface area contributed by atoms with Gasteiger partial charge in [-0.15, -0.1) is 24.0 Å². The zero-order valence-corrected chi connectivity index (χ0v) is 16.4. The van der Waals surface area contributed by atoms with Gasteiger partial charge in [0.05, 0.1) is 13.7 Å². The Morgan fingerprint density at radius 1 is 1.32 bits per heavy atom. The molecule has 1 aliphatic heterocycles. The summed E-state index contributed by atoms with van der Waals surface area (Å²) in [5.74, 6) is 1.91. The first-order chi connectivity index (χ1) is 10.0. The highest BCUT2D eigenvalue weighted by Crippen LogP contribution is 2.28. The molecule has 0 bridgehead atoms. The average Bonchev–Trinajstić information content (AvgIpc) is 2.84. The topological polar surface area (TPSA) is 36.9 Å². The third-order valence-corrected chi connectivity index (χ3v) is 3.88. The van der Waals surface area contributed by atoms with Crippen molar-refractivity contribution in [3.63, 3.8) is 0 Å². The Labute approximate surface area is 151 Å². The van der Waals surface area contributed by atoms with Crippen molar-refractivity contribution in [1.82, 2.24) is 10.2 Å². The van der Waals surface area contributed by atoms with Gasteiger partial charge in [0.2, 0.25) is 0 Å². The van der Waals surface area contributed by atoms with Crippen molar-refractivity contribution >= 4 is 29.9 Å². The third-order valence-electron chi connectivity index (χ3n) is 3.88. The van der Waals surface area contributed by atoms with E-state index in [0.717, 1.165) is 31.3 Å². The van der Waals surface area contributed by atoms with Gasteiger partial charge in [0.15, 0.2) is 5.96 Å². The average molecular weight is 417 g/mol. The summed E-state index contributed by atoms with van der Waals surface area (Å²) >= 11 is 0. The Morgan fingerprint density at radius 3 is 2.50 bits per heavy atom. The molecule has 0 amide bonds. The van der Waals surface area contributed by atoms with Crippen LogP contribution in [0.5, 0.6) is 5.75 Å². The molecule has 1 aromatic carbocycles. The van der Waals surface area contributed by atoms with E-state index in [0.29, 0.717) is 12.0 Å². The predicted molar refractivity (Wildman–Crippen MR) is 103 cm³/mol. The number of aliphatic imine (C=N–C) groups is 1. The zero-order chi connectivity index (χ0) is 15.3. The van der Waals surface area contributed by atoms with Crippen molar-refractivity contribution in [2.45, 2.75) is 33.7 Å². The minimum Gasteiger partial charge on any atom is -0.497 e. The Morgan fingerprint density at radius 2 is 2.00 bits per heavy atom. The van der Waals surface area contributed by atoms with Crippen LogP contribution in [0.25, 0.3) is 0 Å². The number of methoxy groups -OCH3 is 1. The van der Waals surface area contributed by atoms with Crippen LogP contribution in [0.1, 0.15) is 32.8 Å². The first-order valence-electron chi connectivity index (χ1n) is 7.70. The number of likely N-dealkylation sites (tertiary alicyclic amines) is 1. The van der Waals surface area contributed by atoms with Crippen LogP contribution in [0.15, 0.2) is 29.3 Å². The summed E-state index contributed by atoms with van der Waals surface area (Å²) in [6.07, 6.45) is 1.22. The molecule has 1 fully saturated rings. The molecule has 1 saturated heterocycles. The minimum atomic E-state index is 0. The molecule has 0 unspecified atom stereocenters. The van der Waals surface area contributed by atoms with Gasteiger partial charge in [-0.3, -0.25) is 0 Å². The first kappa shape index (κ1) is 19.1. The van der Waals surface area contributed by atoms with Gasteiger partial charge in [0.1, 0.15) is 5.75 Å².